The van der Waals surface area contributed by atoms with Crippen molar-refractivity contribution in [2.75, 3.05) is 21.2 Å². The molecule has 0 saturated heterocycles. The summed E-state index contributed by atoms with van der Waals surface area (Å²) >= 11 is 1.21. The second-order valence-corrected chi connectivity index (χ2v) is 5.44. The number of hydrogen-bond donors (Lipinski definition) is 0. The van der Waals surface area contributed by atoms with Gasteiger partial charge in [-0.1, -0.05) is 0 Å². The van der Waals surface area contributed by atoms with Gasteiger partial charge >= 0.3 is 5.97 Å². The summed E-state index contributed by atoms with van der Waals surface area (Å²) in [6, 6.07) is 4.61. The summed E-state index contributed by atoms with van der Waals surface area (Å²) in [5, 5.41) is 0. The van der Waals surface area contributed by atoms with E-state index < -0.39 is 11.8 Å². The number of aromatic nitrogens is 1. The average molecular weight is 307 g/mol. The Bertz CT molecular complexity index is 665. The quantitative estimate of drug-likeness (QED) is 0.495. The van der Waals surface area contributed by atoms with Crippen LogP contribution < -0.4 is 0 Å². The van der Waals surface area contributed by atoms with Crippen molar-refractivity contribution in [2.45, 2.75) is 0 Å². The van der Waals surface area contributed by atoms with Gasteiger partial charge in [0.2, 0.25) is 0 Å². The Labute approximate surface area is 125 Å². The number of pyridine rings is 1. The van der Waals surface area contributed by atoms with Gasteiger partial charge in [-0.3, -0.25) is 4.98 Å². The number of thiophene rings is 1. The van der Waals surface area contributed by atoms with E-state index in [0.717, 1.165) is 11.1 Å². The van der Waals surface area contributed by atoms with Crippen LogP contribution in [0, 0.1) is 5.82 Å². The molecule has 2 aromatic rings. The first-order chi connectivity index (χ1) is 10.0. The van der Waals surface area contributed by atoms with Gasteiger partial charge in [0.15, 0.2) is 0 Å². The van der Waals surface area contributed by atoms with Crippen molar-refractivity contribution in [3.8, 4) is 10.6 Å². The Morgan fingerprint density at radius 2 is 2.24 bits per heavy atom. The van der Waals surface area contributed by atoms with E-state index in [4.69, 9.17) is 4.74 Å². The molecule has 0 radical (unpaired) electrons. The first-order valence-corrected chi connectivity index (χ1v) is 6.87. The summed E-state index contributed by atoms with van der Waals surface area (Å²) < 4.78 is 17.7. The van der Waals surface area contributed by atoms with Crippen LogP contribution in [-0.2, 0) is 4.74 Å². The van der Waals surface area contributed by atoms with Crippen molar-refractivity contribution in [1.29, 1.82) is 0 Å². The number of aliphatic imine (C=N–C) groups is 1. The minimum Gasteiger partial charge on any atom is -0.465 e. The molecule has 0 aliphatic rings. The molecule has 0 aliphatic heterocycles. The van der Waals surface area contributed by atoms with Crippen molar-refractivity contribution in [3.05, 3.63) is 35.1 Å². The molecular weight excluding hydrogens is 293 g/mol. The lowest BCUT2D eigenvalue weighted by Gasteiger charge is -2.02. The van der Waals surface area contributed by atoms with Gasteiger partial charge in [0, 0.05) is 14.1 Å². The molecule has 0 aromatic carbocycles. The van der Waals surface area contributed by atoms with Crippen molar-refractivity contribution in [2.24, 2.45) is 4.99 Å². The number of halogens is 1. The van der Waals surface area contributed by atoms with Crippen LogP contribution in [0.3, 0.4) is 0 Å². The van der Waals surface area contributed by atoms with Crippen molar-refractivity contribution in [1.82, 2.24) is 9.88 Å². The number of nitrogens with zero attached hydrogens (tertiary/aromatic N) is 3. The number of ether oxygens (including phenoxy) is 1. The van der Waals surface area contributed by atoms with Crippen LogP contribution in [0.25, 0.3) is 10.6 Å². The minimum absolute atomic E-state index is 0.386. The van der Waals surface area contributed by atoms with Gasteiger partial charge in [0.05, 0.1) is 35.9 Å². The van der Waals surface area contributed by atoms with Gasteiger partial charge in [0.25, 0.3) is 0 Å². The fourth-order valence-electron chi connectivity index (χ4n) is 1.54. The zero-order chi connectivity index (χ0) is 15.4. The third-order valence-electron chi connectivity index (χ3n) is 2.49. The molecule has 2 aromatic heterocycles. The maximum Gasteiger partial charge on any atom is 0.350 e. The van der Waals surface area contributed by atoms with Crippen LogP contribution in [-0.4, -0.2) is 43.4 Å². The molecule has 0 aliphatic carbocycles. The van der Waals surface area contributed by atoms with Crippen molar-refractivity contribution in [3.63, 3.8) is 0 Å². The predicted molar refractivity (Wildman–Crippen MR) is 80.7 cm³/mol. The van der Waals surface area contributed by atoms with Crippen molar-refractivity contribution >= 4 is 29.3 Å². The highest BCUT2D eigenvalue weighted by Gasteiger charge is 2.18. The zero-order valence-corrected chi connectivity index (χ0v) is 12.6. The van der Waals surface area contributed by atoms with E-state index in [1.165, 1.54) is 24.5 Å². The fourth-order valence-corrected chi connectivity index (χ4v) is 2.54. The maximum absolute atomic E-state index is 12.9. The normalized spacial score (nSPS) is 10.9. The van der Waals surface area contributed by atoms with Gasteiger partial charge in [-0.2, -0.15) is 0 Å². The molecule has 21 heavy (non-hydrogen) atoms. The van der Waals surface area contributed by atoms with E-state index in [1.54, 1.807) is 23.4 Å². The monoisotopic (exact) mass is 307 g/mol. The van der Waals surface area contributed by atoms with E-state index in [2.05, 4.69) is 9.98 Å². The molecule has 0 atom stereocenters. The molecule has 2 heterocycles. The fraction of sp³-hybridized carbons (Fsp3) is 0.214. The molecular formula is C14H14FN3O2S. The summed E-state index contributed by atoms with van der Waals surface area (Å²) in [5.74, 6) is -0.867. The van der Waals surface area contributed by atoms with Crippen LogP contribution in [0.15, 0.2) is 29.4 Å². The lowest BCUT2D eigenvalue weighted by molar-refractivity contribution is 0.0607. The van der Waals surface area contributed by atoms with Crippen molar-refractivity contribution < 1.29 is 13.9 Å². The lowest BCUT2D eigenvalue weighted by atomic mass is 10.3. The van der Waals surface area contributed by atoms with E-state index >= 15 is 0 Å². The van der Waals surface area contributed by atoms with Gasteiger partial charge < -0.3 is 9.64 Å². The Hall–Kier alpha value is -2.28. The number of hydrogen-bond acceptors (Lipinski definition) is 5. The SMILES string of the molecule is COC(=O)c1sc(-c2ccc(F)cn2)cc1/N=C/N(C)C. The molecule has 0 N–H and O–H groups in total. The summed E-state index contributed by atoms with van der Waals surface area (Å²) in [5.41, 5.74) is 1.08. The van der Waals surface area contributed by atoms with Crippen LogP contribution in [0.2, 0.25) is 0 Å². The topological polar surface area (TPSA) is 54.8 Å². The maximum atomic E-state index is 12.9. The van der Waals surface area contributed by atoms with Gasteiger partial charge in [0.1, 0.15) is 10.7 Å². The number of carbonyl (C=O) groups is 1. The third kappa shape index (κ3) is 3.63. The molecule has 110 valence electrons. The Kier molecular flexibility index (Phi) is 4.64. The smallest absolute Gasteiger partial charge is 0.350 e. The number of methoxy groups -OCH3 is 1. The Morgan fingerprint density at radius 3 is 2.81 bits per heavy atom. The molecule has 0 amide bonds. The van der Waals surface area contributed by atoms with E-state index in [9.17, 15) is 9.18 Å². The molecule has 0 fully saturated rings. The molecule has 0 unspecified atom stereocenters. The summed E-state index contributed by atoms with van der Waals surface area (Å²) in [6.07, 6.45) is 2.73. The highest BCUT2D eigenvalue weighted by Crippen LogP contribution is 2.36. The number of rotatable bonds is 4. The highest BCUT2D eigenvalue weighted by molar-refractivity contribution is 7.17. The molecule has 7 heteroatoms. The Morgan fingerprint density at radius 1 is 1.48 bits per heavy atom. The predicted octanol–water partition coefficient (Wildman–Crippen LogP) is 2.96. The van der Waals surface area contributed by atoms with Crippen LogP contribution in [0.1, 0.15) is 9.67 Å². The second kappa shape index (κ2) is 6.45. The molecule has 0 bridgehead atoms. The lowest BCUT2D eigenvalue weighted by Crippen LogP contribution is -2.07. The largest absolute Gasteiger partial charge is 0.465 e. The molecule has 0 spiro atoms. The summed E-state index contributed by atoms with van der Waals surface area (Å²) in [6.45, 7) is 0. The van der Waals surface area contributed by atoms with Gasteiger partial charge in [-0.05, 0) is 18.2 Å². The first-order valence-electron chi connectivity index (χ1n) is 6.06. The van der Waals surface area contributed by atoms with E-state index in [0.29, 0.717) is 16.3 Å². The molecule has 0 saturated carbocycles. The van der Waals surface area contributed by atoms with Crippen LogP contribution >= 0.6 is 11.3 Å². The standard InChI is InChI=1S/C14H14FN3O2S/c1-18(2)8-17-11-6-12(21-13(11)14(19)20-3)10-5-4-9(15)7-16-10/h4-8H,1-3H3/b17-8+. The van der Waals surface area contributed by atoms with E-state index in [1.807, 2.05) is 14.1 Å². The molecule has 2 rings (SSSR count). The van der Waals surface area contributed by atoms with Crippen LogP contribution in [0.4, 0.5) is 10.1 Å². The van der Waals surface area contributed by atoms with E-state index in [-0.39, 0.29) is 0 Å². The average Bonchev–Trinajstić information content (AvgIpc) is 2.89. The minimum atomic E-state index is -0.459. The zero-order valence-electron chi connectivity index (χ0n) is 11.8. The van der Waals surface area contributed by atoms with Gasteiger partial charge in [-0.25, -0.2) is 14.2 Å². The second-order valence-electron chi connectivity index (χ2n) is 4.39. The summed E-state index contributed by atoms with van der Waals surface area (Å²) in [7, 11) is 4.98. The van der Waals surface area contributed by atoms with Gasteiger partial charge in [-0.15, -0.1) is 11.3 Å². The number of carbonyl (C=O) groups excluding carboxylic acids is 1. The number of esters is 1. The van der Waals surface area contributed by atoms with Crippen LogP contribution in [0.5, 0.6) is 0 Å². The molecule has 5 nitrogen and oxygen atoms in total. The summed E-state index contributed by atoms with van der Waals surface area (Å²) in [4.78, 5) is 22.9. The first kappa shape index (κ1) is 15.1. The Balaban J connectivity index is 2.44. The highest BCUT2D eigenvalue weighted by atomic mass is 32.1. The third-order valence-corrected chi connectivity index (χ3v) is 3.62.